The lowest BCUT2D eigenvalue weighted by atomic mass is 9.98. The van der Waals surface area contributed by atoms with Crippen LogP contribution in [0.25, 0.3) is 0 Å². The van der Waals surface area contributed by atoms with Crippen LogP contribution in [0.2, 0.25) is 0 Å². The maximum Gasteiger partial charge on any atom is 0.108 e. The van der Waals surface area contributed by atoms with E-state index in [1.807, 2.05) is 0 Å². The molecule has 3 heteroatoms. The number of methoxy groups -OCH3 is 1. The smallest absolute Gasteiger partial charge is 0.108 e. The molecule has 0 amide bonds. The van der Waals surface area contributed by atoms with Crippen LogP contribution >= 0.6 is 0 Å². The zero-order chi connectivity index (χ0) is 8.36. The lowest BCUT2D eigenvalue weighted by Crippen LogP contribution is -2.44. The molecule has 62 valence electrons. The summed E-state index contributed by atoms with van der Waals surface area (Å²) in [5, 5.41) is 18.2. The maximum absolute atomic E-state index is 9.28. The molecule has 0 aromatic rings. The third-order valence-corrected chi connectivity index (χ3v) is 1.70. The fourth-order valence-electron chi connectivity index (χ4n) is 0.702. The lowest BCUT2D eigenvalue weighted by Gasteiger charge is -2.30. The highest BCUT2D eigenvalue weighted by molar-refractivity contribution is 4.81. The Balaban J connectivity index is 4.03. The van der Waals surface area contributed by atoms with E-state index in [2.05, 4.69) is 0 Å². The summed E-state index contributed by atoms with van der Waals surface area (Å²) in [5.41, 5.74) is -0.672. The van der Waals surface area contributed by atoms with Crippen LogP contribution in [0.4, 0.5) is 0 Å². The minimum atomic E-state index is -0.836. The van der Waals surface area contributed by atoms with E-state index >= 15 is 0 Å². The Labute approximate surface area is 61.6 Å². The molecule has 0 aliphatic rings. The molecule has 0 aromatic carbocycles. The van der Waals surface area contributed by atoms with Gasteiger partial charge in [0.1, 0.15) is 6.10 Å². The van der Waals surface area contributed by atoms with Gasteiger partial charge in [-0.05, 0) is 20.8 Å². The van der Waals surface area contributed by atoms with Gasteiger partial charge in [0.25, 0.3) is 0 Å². The fourth-order valence-corrected chi connectivity index (χ4v) is 0.702. The highest BCUT2D eigenvalue weighted by Gasteiger charge is 2.30. The van der Waals surface area contributed by atoms with E-state index in [1.165, 1.54) is 14.0 Å². The third-order valence-electron chi connectivity index (χ3n) is 1.70. The van der Waals surface area contributed by atoms with Crippen LogP contribution in [-0.2, 0) is 4.74 Å². The van der Waals surface area contributed by atoms with Crippen molar-refractivity contribution in [3.63, 3.8) is 0 Å². The van der Waals surface area contributed by atoms with Crippen LogP contribution in [0.5, 0.6) is 0 Å². The Morgan fingerprint density at radius 3 is 1.80 bits per heavy atom. The molecule has 2 unspecified atom stereocenters. The van der Waals surface area contributed by atoms with E-state index in [4.69, 9.17) is 9.84 Å². The number of hydrogen-bond acceptors (Lipinski definition) is 3. The van der Waals surface area contributed by atoms with Crippen molar-refractivity contribution in [2.75, 3.05) is 7.11 Å². The van der Waals surface area contributed by atoms with Gasteiger partial charge in [0, 0.05) is 7.11 Å². The normalized spacial score (nSPS) is 18.6. The second-order valence-corrected chi connectivity index (χ2v) is 2.99. The van der Waals surface area contributed by atoms with Gasteiger partial charge in [-0.2, -0.15) is 0 Å². The van der Waals surface area contributed by atoms with Gasteiger partial charge in [-0.3, -0.25) is 0 Å². The summed E-state index contributed by atoms with van der Waals surface area (Å²) in [6.07, 6.45) is -1.59. The number of aliphatic hydroxyl groups is 2. The molecule has 0 aromatic heterocycles. The van der Waals surface area contributed by atoms with Crippen molar-refractivity contribution in [3.05, 3.63) is 0 Å². The molecule has 0 aliphatic heterocycles. The molecule has 3 nitrogen and oxygen atoms in total. The van der Waals surface area contributed by atoms with Crippen LogP contribution in [-0.4, -0.2) is 35.1 Å². The van der Waals surface area contributed by atoms with Crippen molar-refractivity contribution in [1.82, 2.24) is 0 Å². The van der Waals surface area contributed by atoms with E-state index in [-0.39, 0.29) is 0 Å². The number of aliphatic hydroxyl groups excluding tert-OH is 2. The van der Waals surface area contributed by atoms with E-state index in [9.17, 15) is 5.11 Å². The van der Waals surface area contributed by atoms with Gasteiger partial charge in [-0.1, -0.05) is 0 Å². The molecule has 2 atom stereocenters. The molecule has 0 fully saturated rings. The Morgan fingerprint density at radius 2 is 1.70 bits per heavy atom. The highest BCUT2D eigenvalue weighted by Crippen LogP contribution is 2.15. The van der Waals surface area contributed by atoms with Crippen molar-refractivity contribution in [2.45, 2.75) is 38.6 Å². The van der Waals surface area contributed by atoms with Crippen LogP contribution in [0, 0.1) is 0 Å². The quantitative estimate of drug-likeness (QED) is 0.599. The summed E-state index contributed by atoms with van der Waals surface area (Å²) in [7, 11) is 1.51. The highest BCUT2D eigenvalue weighted by atomic mass is 16.5. The first-order valence-corrected chi connectivity index (χ1v) is 3.33. The fraction of sp³-hybridized carbons (Fsp3) is 1.00. The van der Waals surface area contributed by atoms with Crippen LogP contribution in [0.1, 0.15) is 20.8 Å². The standard InChI is InChI=1S/C7H16O3/c1-5(8)6(9)7(2,3)10-4/h5-6,8-9H,1-4H3. The van der Waals surface area contributed by atoms with Gasteiger partial charge in [-0.15, -0.1) is 0 Å². The first-order valence-electron chi connectivity index (χ1n) is 3.33. The van der Waals surface area contributed by atoms with E-state index < -0.39 is 17.8 Å². The molecule has 10 heavy (non-hydrogen) atoms. The SMILES string of the molecule is COC(C)(C)C(O)C(C)O. The molecule has 2 N–H and O–H groups in total. The van der Waals surface area contributed by atoms with E-state index in [0.29, 0.717) is 0 Å². The van der Waals surface area contributed by atoms with Crippen molar-refractivity contribution in [2.24, 2.45) is 0 Å². The Hall–Kier alpha value is -0.120. The average Bonchev–Trinajstić information content (AvgIpc) is 1.86. The molecule has 0 bridgehead atoms. The van der Waals surface area contributed by atoms with Crippen LogP contribution < -0.4 is 0 Å². The van der Waals surface area contributed by atoms with Gasteiger partial charge >= 0.3 is 0 Å². The second-order valence-electron chi connectivity index (χ2n) is 2.99. The first kappa shape index (κ1) is 9.88. The summed E-state index contributed by atoms with van der Waals surface area (Å²) in [6.45, 7) is 4.99. The third kappa shape index (κ3) is 2.25. The largest absolute Gasteiger partial charge is 0.391 e. The average molecular weight is 148 g/mol. The predicted octanol–water partition coefficient (Wildman–Crippen LogP) is 0.153. The molecule has 0 radical (unpaired) electrons. The lowest BCUT2D eigenvalue weighted by molar-refractivity contribution is -0.119. The molecule has 0 aliphatic carbocycles. The van der Waals surface area contributed by atoms with Crippen molar-refractivity contribution < 1.29 is 14.9 Å². The summed E-state index contributed by atoms with van der Waals surface area (Å²) < 4.78 is 4.95. The molecule has 0 saturated heterocycles. The Morgan fingerprint density at radius 1 is 1.30 bits per heavy atom. The Kier molecular flexibility index (Phi) is 3.28. The van der Waals surface area contributed by atoms with Gasteiger partial charge in [0.05, 0.1) is 11.7 Å². The zero-order valence-corrected chi connectivity index (χ0v) is 6.96. The molecule has 0 spiro atoms. The van der Waals surface area contributed by atoms with Gasteiger partial charge in [0.2, 0.25) is 0 Å². The molecular weight excluding hydrogens is 132 g/mol. The second kappa shape index (κ2) is 3.32. The number of hydrogen-bond donors (Lipinski definition) is 2. The van der Waals surface area contributed by atoms with E-state index in [0.717, 1.165) is 0 Å². The minimum absolute atomic E-state index is 0.672. The summed E-state index contributed by atoms with van der Waals surface area (Å²) in [4.78, 5) is 0. The van der Waals surface area contributed by atoms with Crippen molar-refractivity contribution in [3.8, 4) is 0 Å². The number of ether oxygens (including phenoxy) is 1. The Bertz CT molecular complexity index is 99.0. The summed E-state index contributed by atoms with van der Waals surface area (Å²) >= 11 is 0. The van der Waals surface area contributed by atoms with Crippen LogP contribution in [0.15, 0.2) is 0 Å². The van der Waals surface area contributed by atoms with Crippen molar-refractivity contribution >= 4 is 0 Å². The maximum atomic E-state index is 9.28. The topological polar surface area (TPSA) is 49.7 Å². The summed E-state index contributed by atoms with van der Waals surface area (Å²) in [6, 6.07) is 0. The zero-order valence-electron chi connectivity index (χ0n) is 6.96. The van der Waals surface area contributed by atoms with E-state index in [1.54, 1.807) is 13.8 Å². The van der Waals surface area contributed by atoms with Gasteiger partial charge in [0.15, 0.2) is 0 Å². The van der Waals surface area contributed by atoms with Gasteiger partial charge < -0.3 is 14.9 Å². The predicted molar refractivity (Wildman–Crippen MR) is 38.8 cm³/mol. The molecule has 0 rings (SSSR count). The van der Waals surface area contributed by atoms with Crippen molar-refractivity contribution in [1.29, 1.82) is 0 Å². The van der Waals surface area contributed by atoms with Crippen LogP contribution in [0.3, 0.4) is 0 Å². The number of rotatable bonds is 3. The molecule has 0 saturated carbocycles. The van der Waals surface area contributed by atoms with Gasteiger partial charge in [-0.25, -0.2) is 0 Å². The minimum Gasteiger partial charge on any atom is -0.391 e. The summed E-state index contributed by atoms with van der Waals surface area (Å²) in [5.74, 6) is 0. The first-order chi connectivity index (χ1) is 4.41. The monoisotopic (exact) mass is 148 g/mol. The molecule has 0 heterocycles. The molecular formula is C7H16O3.